The van der Waals surface area contributed by atoms with E-state index in [2.05, 4.69) is 5.32 Å². The lowest BCUT2D eigenvalue weighted by Gasteiger charge is -2.38. The SMILES string of the molecule is CC1(N)CCN(c2nc(NC(=O)OC(C)(C)C)c(-c3cccc(Cl)c3Cl)nc2CC(N)=O)CC1. The van der Waals surface area contributed by atoms with E-state index in [1.54, 1.807) is 39.0 Å². The van der Waals surface area contributed by atoms with E-state index in [0.29, 0.717) is 35.2 Å². The van der Waals surface area contributed by atoms with Crippen LogP contribution in [0.15, 0.2) is 18.2 Å². The molecule has 5 N–H and O–H groups in total. The number of halogens is 2. The van der Waals surface area contributed by atoms with Crippen LogP contribution in [0.1, 0.15) is 46.2 Å². The summed E-state index contributed by atoms with van der Waals surface area (Å²) in [5, 5.41) is 3.23. The fourth-order valence-corrected chi connectivity index (χ4v) is 3.98. The summed E-state index contributed by atoms with van der Waals surface area (Å²) in [6, 6.07) is 5.04. The minimum absolute atomic E-state index is 0.128. The zero-order chi connectivity index (χ0) is 25.3. The Morgan fingerprint density at radius 1 is 1.21 bits per heavy atom. The van der Waals surface area contributed by atoms with Crippen molar-refractivity contribution in [3.8, 4) is 11.3 Å². The van der Waals surface area contributed by atoms with Crippen LogP contribution in [-0.4, -0.2) is 46.2 Å². The Labute approximate surface area is 209 Å². The van der Waals surface area contributed by atoms with Crippen molar-refractivity contribution < 1.29 is 14.3 Å². The van der Waals surface area contributed by atoms with Gasteiger partial charge in [-0.3, -0.25) is 10.1 Å². The van der Waals surface area contributed by atoms with Crippen LogP contribution in [0, 0.1) is 0 Å². The highest BCUT2D eigenvalue weighted by Crippen LogP contribution is 2.38. The number of nitrogens with zero attached hydrogens (tertiary/aromatic N) is 3. The molecule has 2 aromatic rings. The predicted molar refractivity (Wildman–Crippen MR) is 134 cm³/mol. The summed E-state index contributed by atoms with van der Waals surface area (Å²) in [5.74, 6) is 0.0113. The first kappa shape index (κ1) is 26.0. The molecule has 0 atom stereocenters. The lowest BCUT2D eigenvalue weighted by molar-refractivity contribution is -0.117. The molecule has 1 aromatic carbocycles. The lowest BCUT2D eigenvalue weighted by atomic mass is 9.91. The molecule has 1 aliphatic heterocycles. The number of nitrogens with one attached hydrogen (secondary N) is 1. The van der Waals surface area contributed by atoms with E-state index in [0.717, 1.165) is 12.8 Å². The number of rotatable bonds is 5. The summed E-state index contributed by atoms with van der Waals surface area (Å²) in [6.45, 7) is 8.48. The monoisotopic (exact) mass is 508 g/mol. The van der Waals surface area contributed by atoms with Gasteiger partial charge in [-0.15, -0.1) is 0 Å². The molecule has 3 rings (SSSR count). The molecule has 2 amide bonds. The first-order valence-corrected chi connectivity index (χ1v) is 11.7. The number of nitrogens with two attached hydrogens (primary N) is 2. The van der Waals surface area contributed by atoms with Crippen molar-refractivity contribution in [2.45, 2.75) is 58.1 Å². The van der Waals surface area contributed by atoms with Crippen LogP contribution in [-0.2, 0) is 16.0 Å². The fourth-order valence-electron chi connectivity index (χ4n) is 3.59. The van der Waals surface area contributed by atoms with Crippen molar-refractivity contribution in [3.05, 3.63) is 33.9 Å². The minimum atomic E-state index is -0.724. The largest absolute Gasteiger partial charge is 0.444 e. The second kappa shape index (κ2) is 9.93. The van der Waals surface area contributed by atoms with E-state index < -0.39 is 17.6 Å². The third kappa shape index (κ3) is 6.49. The quantitative estimate of drug-likeness (QED) is 0.551. The zero-order valence-corrected chi connectivity index (χ0v) is 21.3. The number of piperidine rings is 1. The van der Waals surface area contributed by atoms with Gasteiger partial charge in [-0.2, -0.15) is 0 Å². The molecule has 0 bridgehead atoms. The topological polar surface area (TPSA) is 136 Å². The van der Waals surface area contributed by atoms with Gasteiger partial charge in [0.25, 0.3) is 0 Å². The van der Waals surface area contributed by atoms with E-state index in [1.807, 2.05) is 11.8 Å². The smallest absolute Gasteiger partial charge is 0.413 e. The van der Waals surface area contributed by atoms with E-state index in [9.17, 15) is 9.59 Å². The predicted octanol–water partition coefficient (Wildman–Crippen LogP) is 4.14. The molecule has 1 saturated heterocycles. The van der Waals surface area contributed by atoms with E-state index in [-0.39, 0.29) is 28.5 Å². The Kier molecular flexibility index (Phi) is 7.59. The molecule has 1 aromatic heterocycles. The van der Waals surface area contributed by atoms with Crippen LogP contribution in [0.4, 0.5) is 16.4 Å². The Morgan fingerprint density at radius 3 is 2.44 bits per heavy atom. The standard InChI is InChI=1S/C23H30Cl2N6O3/c1-22(2,3)34-21(33)30-19-18(13-6-5-7-14(24)17(13)25)28-15(12-16(26)32)20(29-19)31-10-8-23(4,27)9-11-31/h5-7H,8-12,27H2,1-4H3,(H2,26,32)(H,29,30,33). The first-order chi connectivity index (χ1) is 15.8. The Bertz CT molecular complexity index is 1090. The normalized spacial score (nSPS) is 15.7. The van der Waals surface area contributed by atoms with Crippen LogP contribution in [0.25, 0.3) is 11.3 Å². The van der Waals surface area contributed by atoms with Gasteiger partial charge in [0.2, 0.25) is 5.91 Å². The maximum atomic E-state index is 12.6. The molecular formula is C23H30Cl2N6O3. The van der Waals surface area contributed by atoms with Gasteiger partial charge in [0.15, 0.2) is 11.6 Å². The third-order valence-electron chi connectivity index (χ3n) is 5.32. The highest BCUT2D eigenvalue weighted by atomic mass is 35.5. The van der Waals surface area contributed by atoms with Crippen LogP contribution in [0.2, 0.25) is 10.0 Å². The third-order valence-corrected chi connectivity index (χ3v) is 6.14. The molecule has 9 nitrogen and oxygen atoms in total. The molecule has 0 spiro atoms. The molecule has 184 valence electrons. The van der Waals surface area contributed by atoms with Gasteiger partial charge in [-0.1, -0.05) is 35.3 Å². The van der Waals surface area contributed by atoms with Crippen molar-refractivity contribution in [2.24, 2.45) is 11.5 Å². The molecule has 1 aliphatic rings. The molecule has 0 radical (unpaired) electrons. The number of aromatic nitrogens is 2. The number of ether oxygens (including phenoxy) is 1. The highest BCUT2D eigenvalue weighted by molar-refractivity contribution is 6.43. The maximum absolute atomic E-state index is 12.6. The average molecular weight is 509 g/mol. The number of carbonyl (C=O) groups excluding carboxylic acids is 2. The molecule has 2 heterocycles. The summed E-state index contributed by atoms with van der Waals surface area (Å²) in [6.07, 6.45) is 0.599. The summed E-state index contributed by atoms with van der Waals surface area (Å²) in [5.41, 5.74) is 11.8. The summed E-state index contributed by atoms with van der Waals surface area (Å²) in [4.78, 5) is 35.9. The summed E-state index contributed by atoms with van der Waals surface area (Å²) in [7, 11) is 0. The summed E-state index contributed by atoms with van der Waals surface area (Å²) >= 11 is 12.7. The van der Waals surface area contributed by atoms with E-state index >= 15 is 0 Å². The number of benzene rings is 1. The molecule has 11 heteroatoms. The number of carbonyl (C=O) groups is 2. The second-order valence-electron chi connectivity index (χ2n) is 9.70. The van der Waals surface area contributed by atoms with Gasteiger partial charge in [-0.05, 0) is 46.6 Å². The molecule has 0 saturated carbocycles. The van der Waals surface area contributed by atoms with Crippen molar-refractivity contribution in [1.29, 1.82) is 0 Å². The van der Waals surface area contributed by atoms with Crippen molar-refractivity contribution >= 4 is 46.8 Å². The maximum Gasteiger partial charge on any atom is 0.413 e. The Hall–Kier alpha value is -2.62. The second-order valence-corrected chi connectivity index (χ2v) is 10.5. The van der Waals surface area contributed by atoms with Gasteiger partial charge in [0.1, 0.15) is 11.3 Å². The van der Waals surface area contributed by atoms with Gasteiger partial charge in [-0.25, -0.2) is 14.8 Å². The zero-order valence-electron chi connectivity index (χ0n) is 19.7. The molecule has 0 aliphatic carbocycles. The van der Waals surface area contributed by atoms with E-state index in [4.69, 9.17) is 49.4 Å². The Morgan fingerprint density at radius 2 is 1.85 bits per heavy atom. The van der Waals surface area contributed by atoms with Gasteiger partial charge >= 0.3 is 6.09 Å². The summed E-state index contributed by atoms with van der Waals surface area (Å²) < 4.78 is 5.41. The highest BCUT2D eigenvalue weighted by Gasteiger charge is 2.30. The Balaban J connectivity index is 2.15. The molecule has 0 unspecified atom stereocenters. The van der Waals surface area contributed by atoms with Gasteiger partial charge in [0.05, 0.1) is 22.2 Å². The van der Waals surface area contributed by atoms with Crippen molar-refractivity contribution in [1.82, 2.24) is 9.97 Å². The molecule has 1 fully saturated rings. The number of primary amides is 1. The molecular weight excluding hydrogens is 479 g/mol. The van der Waals surface area contributed by atoms with Crippen molar-refractivity contribution in [2.75, 3.05) is 23.3 Å². The minimum Gasteiger partial charge on any atom is -0.444 e. The van der Waals surface area contributed by atoms with E-state index in [1.165, 1.54) is 0 Å². The fraction of sp³-hybridized carbons (Fsp3) is 0.478. The molecule has 34 heavy (non-hydrogen) atoms. The van der Waals surface area contributed by atoms with Gasteiger partial charge in [0, 0.05) is 24.2 Å². The number of anilines is 2. The number of hydrogen-bond acceptors (Lipinski definition) is 7. The van der Waals surface area contributed by atoms with Crippen LogP contribution in [0.5, 0.6) is 0 Å². The average Bonchev–Trinajstić information content (AvgIpc) is 2.69. The number of hydrogen-bond donors (Lipinski definition) is 3. The lowest BCUT2D eigenvalue weighted by Crippen LogP contribution is -2.48. The van der Waals surface area contributed by atoms with Crippen LogP contribution >= 0.6 is 23.2 Å². The van der Waals surface area contributed by atoms with Crippen molar-refractivity contribution in [3.63, 3.8) is 0 Å². The number of amides is 2. The van der Waals surface area contributed by atoms with Gasteiger partial charge < -0.3 is 21.1 Å². The van der Waals surface area contributed by atoms with Crippen LogP contribution < -0.4 is 21.7 Å². The van der Waals surface area contributed by atoms with Crippen LogP contribution in [0.3, 0.4) is 0 Å². The first-order valence-electron chi connectivity index (χ1n) is 10.9.